The maximum atomic E-state index is 11.4. The number of ether oxygens (including phenoxy) is 1. The van der Waals surface area contributed by atoms with E-state index in [1.165, 1.54) is 6.92 Å². The minimum atomic E-state index is -0.719. The molecule has 0 saturated heterocycles. The van der Waals surface area contributed by atoms with Crippen LogP contribution in [0.1, 0.15) is 27.7 Å². The van der Waals surface area contributed by atoms with Gasteiger partial charge in [-0.1, -0.05) is 0 Å². The molecule has 4 nitrogen and oxygen atoms in total. The summed E-state index contributed by atoms with van der Waals surface area (Å²) in [4.78, 5) is 22.3. The summed E-state index contributed by atoms with van der Waals surface area (Å²) in [5, 5.41) is 2.51. The van der Waals surface area contributed by atoms with Crippen LogP contribution >= 0.6 is 12.6 Å². The first kappa shape index (κ1) is 13.3. The lowest BCUT2D eigenvalue weighted by Crippen LogP contribution is -2.51. The molecule has 0 fully saturated rings. The van der Waals surface area contributed by atoms with Crippen LogP contribution in [0.15, 0.2) is 0 Å². The van der Waals surface area contributed by atoms with Gasteiger partial charge in [-0.15, -0.1) is 0 Å². The molecule has 0 aromatic rings. The van der Waals surface area contributed by atoms with Crippen molar-refractivity contribution < 1.29 is 14.3 Å². The smallest absolute Gasteiger partial charge is 0.330 e. The van der Waals surface area contributed by atoms with E-state index in [9.17, 15) is 9.59 Å². The zero-order chi connectivity index (χ0) is 11.4. The summed E-state index contributed by atoms with van der Waals surface area (Å²) < 4.78 is 4.19. The summed E-state index contributed by atoms with van der Waals surface area (Å²) in [5.41, 5.74) is 0. The first-order valence-corrected chi connectivity index (χ1v) is 4.90. The molecule has 0 rings (SSSR count). The number of carbonyl (C=O) groups is 2. The lowest BCUT2D eigenvalue weighted by atomic mass is 10.0. The van der Waals surface area contributed by atoms with Crippen molar-refractivity contribution >= 4 is 24.5 Å². The summed E-state index contributed by atoms with van der Waals surface area (Å²) in [6.45, 7) is 6.85. The monoisotopic (exact) mass is 219 g/mol. The molecule has 0 bridgehead atoms. The Kier molecular flexibility index (Phi) is 4.97. The van der Waals surface area contributed by atoms with E-state index >= 15 is 0 Å². The molecular weight excluding hydrogens is 202 g/mol. The molecule has 0 aliphatic carbocycles. The van der Waals surface area contributed by atoms with Gasteiger partial charge in [-0.05, 0) is 20.8 Å². The van der Waals surface area contributed by atoms with Crippen LogP contribution in [-0.4, -0.2) is 29.3 Å². The fraction of sp³-hybridized carbons (Fsp3) is 0.778. The number of nitrogens with one attached hydrogen (secondary N) is 1. The third kappa shape index (κ3) is 4.50. The number of esters is 1. The van der Waals surface area contributed by atoms with Gasteiger partial charge in [-0.3, -0.25) is 4.79 Å². The Hall–Kier alpha value is -0.710. The fourth-order valence-corrected chi connectivity index (χ4v) is 1.12. The van der Waals surface area contributed by atoms with Gasteiger partial charge >= 0.3 is 5.97 Å². The minimum Gasteiger partial charge on any atom is -0.464 e. The molecule has 0 aromatic carbocycles. The molecule has 0 heterocycles. The van der Waals surface area contributed by atoms with Gasteiger partial charge in [0.25, 0.3) is 0 Å². The van der Waals surface area contributed by atoms with E-state index in [0.717, 1.165) is 0 Å². The summed E-state index contributed by atoms with van der Waals surface area (Å²) in [6.07, 6.45) is 0. The number of rotatable bonds is 4. The van der Waals surface area contributed by atoms with Crippen molar-refractivity contribution in [2.75, 3.05) is 6.61 Å². The molecule has 0 aliphatic rings. The van der Waals surface area contributed by atoms with Crippen molar-refractivity contribution in [3.8, 4) is 0 Å². The molecule has 1 unspecified atom stereocenters. The van der Waals surface area contributed by atoms with Crippen LogP contribution in [0.5, 0.6) is 0 Å². The Morgan fingerprint density at radius 3 is 2.29 bits per heavy atom. The van der Waals surface area contributed by atoms with Gasteiger partial charge in [-0.2, -0.15) is 12.6 Å². The Morgan fingerprint density at radius 1 is 1.50 bits per heavy atom. The van der Waals surface area contributed by atoms with Crippen LogP contribution in [0.4, 0.5) is 0 Å². The molecule has 0 spiro atoms. The maximum Gasteiger partial charge on any atom is 0.330 e. The number of thiol groups is 1. The second-order valence-corrected chi connectivity index (χ2v) is 4.69. The number of hydrogen-bond acceptors (Lipinski definition) is 4. The van der Waals surface area contributed by atoms with Crippen LogP contribution in [0, 0.1) is 0 Å². The van der Waals surface area contributed by atoms with Crippen LogP contribution in [0.3, 0.4) is 0 Å². The normalized spacial score (nSPS) is 13.2. The van der Waals surface area contributed by atoms with Crippen LogP contribution < -0.4 is 5.32 Å². The van der Waals surface area contributed by atoms with Gasteiger partial charge in [0.2, 0.25) is 5.91 Å². The largest absolute Gasteiger partial charge is 0.464 e. The van der Waals surface area contributed by atoms with Gasteiger partial charge in [0.05, 0.1) is 6.61 Å². The van der Waals surface area contributed by atoms with Gasteiger partial charge in [-0.25, -0.2) is 4.79 Å². The number of amides is 1. The topological polar surface area (TPSA) is 55.4 Å². The number of carbonyl (C=O) groups excluding carboxylic acids is 2. The van der Waals surface area contributed by atoms with E-state index in [1.807, 2.05) is 0 Å². The van der Waals surface area contributed by atoms with Gasteiger partial charge < -0.3 is 10.1 Å². The van der Waals surface area contributed by atoms with E-state index in [2.05, 4.69) is 17.9 Å². The standard InChI is InChI=1S/C9H17NO3S/c1-5-13-8(12)7(9(3,4)14)10-6(2)11/h7,14H,5H2,1-4H3,(H,10,11). The highest BCUT2D eigenvalue weighted by Crippen LogP contribution is 2.18. The second-order valence-electron chi connectivity index (χ2n) is 3.54. The predicted octanol–water partition coefficient (Wildman–Crippen LogP) is 0.763. The third-order valence-corrected chi connectivity index (χ3v) is 1.83. The van der Waals surface area contributed by atoms with Crippen molar-refractivity contribution in [2.24, 2.45) is 0 Å². The molecule has 1 N–H and O–H groups in total. The molecule has 1 atom stereocenters. The SMILES string of the molecule is CCOC(=O)C(NC(C)=O)C(C)(C)S. The van der Waals surface area contributed by atoms with E-state index in [0.29, 0.717) is 6.61 Å². The molecule has 82 valence electrons. The summed E-state index contributed by atoms with van der Waals surface area (Å²) >= 11 is 4.24. The average Bonchev–Trinajstić information content (AvgIpc) is 1.98. The maximum absolute atomic E-state index is 11.4. The molecule has 1 amide bonds. The average molecular weight is 219 g/mol. The Bertz CT molecular complexity index is 223. The fourth-order valence-electron chi connectivity index (χ4n) is 0.953. The van der Waals surface area contributed by atoms with Crippen molar-refractivity contribution in [3.05, 3.63) is 0 Å². The lowest BCUT2D eigenvalue weighted by molar-refractivity contribution is -0.147. The highest BCUT2D eigenvalue weighted by molar-refractivity contribution is 7.81. The zero-order valence-corrected chi connectivity index (χ0v) is 9.85. The van der Waals surface area contributed by atoms with Gasteiger partial charge in [0, 0.05) is 11.7 Å². The van der Waals surface area contributed by atoms with E-state index in [1.54, 1.807) is 20.8 Å². The van der Waals surface area contributed by atoms with Crippen molar-refractivity contribution in [1.82, 2.24) is 5.32 Å². The highest BCUT2D eigenvalue weighted by Gasteiger charge is 2.34. The Balaban J connectivity index is 4.55. The Labute approximate surface area is 89.8 Å². The summed E-state index contributed by atoms with van der Waals surface area (Å²) in [7, 11) is 0. The lowest BCUT2D eigenvalue weighted by Gasteiger charge is -2.27. The minimum absolute atomic E-state index is 0.273. The van der Waals surface area contributed by atoms with Crippen molar-refractivity contribution in [1.29, 1.82) is 0 Å². The first-order chi connectivity index (χ1) is 6.29. The Morgan fingerprint density at radius 2 is 2.00 bits per heavy atom. The molecule has 5 heteroatoms. The van der Waals surface area contributed by atoms with Crippen molar-refractivity contribution in [2.45, 2.75) is 38.5 Å². The van der Waals surface area contributed by atoms with Crippen molar-refractivity contribution in [3.63, 3.8) is 0 Å². The van der Waals surface area contributed by atoms with Crippen LogP contribution in [-0.2, 0) is 14.3 Å². The predicted molar refractivity (Wildman–Crippen MR) is 57.3 cm³/mol. The molecule has 0 saturated carbocycles. The highest BCUT2D eigenvalue weighted by atomic mass is 32.1. The van der Waals surface area contributed by atoms with Gasteiger partial charge in [0.1, 0.15) is 6.04 Å². The van der Waals surface area contributed by atoms with E-state index < -0.39 is 16.8 Å². The molecule has 0 aromatic heterocycles. The summed E-state index contributed by atoms with van der Waals surface area (Å²) in [6, 6.07) is -0.719. The molecule has 14 heavy (non-hydrogen) atoms. The third-order valence-electron chi connectivity index (χ3n) is 1.58. The summed E-state index contributed by atoms with van der Waals surface area (Å²) in [5.74, 6) is -0.729. The quantitative estimate of drug-likeness (QED) is 0.542. The second kappa shape index (κ2) is 5.24. The van der Waals surface area contributed by atoms with E-state index in [-0.39, 0.29) is 5.91 Å². The molecule has 0 aliphatic heterocycles. The molecule has 0 radical (unpaired) electrons. The zero-order valence-electron chi connectivity index (χ0n) is 8.96. The van der Waals surface area contributed by atoms with Crippen LogP contribution in [0.2, 0.25) is 0 Å². The van der Waals surface area contributed by atoms with Crippen LogP contribution in [0.25, 0.3) is 0 Å². The number of hydrogen-bond donors (Lipinski definition) is 2. The first-order valence-electron chi connectivity index (χ1n) is 4.45. The molecular formula is C9H17NO3S. The van der Waals surface area contributed by atoms with Gasteiger partial charge in [0.15, 0.2) is 0 Å². The van der Waals surface area contributed by atoms with E-state index in [4.69, 9.17) is 4.74 Å².